The van der Waals surface area contributed by atoms with Gasteiger partial charge in [-0.2, -0.15) is 13.2 Å². The summed E-state index contributed by atoms with van der Waals surface area (Å²) in [5.74, 6) is -0.531. The zero-order valence-corrected chi connectivity index (χ0v) is 14.4. The Morgan fingerprint density at radius 2 is 1.69 bits per heavy atom. The van der Waals surface area contributed by atoms with Crippen molar-refractivity contribution < 1.29 is 27.1 Å². The maximum absolute atomic E-state index is 13.6. The molecule has 0 spiro atoms. The van der Waals surface area contributed by atoms with Crippen LogP contribution in [-0.2, 0) is 23.9 Å². The van der Waals surface area contributed by atoms with Gasteiger partial charge in [-0.1, -0.05) is 18.2 Å². The van der Waals surface area contributed by atoms with E-state index >= 15 is 0 Å². The molecule has 0 fully saturated rings. The van der Waals surface area contributed by atoms with Gasteiger partial charge in [0.25, 0.3) is 0 Å². The van der Waals surface area contributed by atoms with Crippen molar-refractivity contribution in [1.82, 2.24) is 4.90 Å². The Hall–Kier alpha value is -2.57. The fourth-order valence-corrected chi connectivity index (χ4v) is 2.47. The third-order valence-electron chi connectivity index (χ3n) is 3.97. The molecule has 0 aliphatic heterocycles. The van der Waals surface area contributed by atoms with E-state index in [9.17, 15) is 22.4 Å². The van der Waals surface area contributed by atoms with Crippen molar-refractivity contribution in [2.75, 3.05) is 14.2 Å². The second-order valence-electron chi connectivity index (χ2n) is 5.91. The normalized spacial score (nSPS) is 11.3. The van der Waals surface area contributed by atoms with Crippen LogP contribution in [0.1, 0.15) is 23.1 Å². The predicted molar refractivity (Wildman–Crippen MR) is 89.2 cm³/mol. The standard InChI is InChI=1S/C19H19F4NO2/c1-24(12-14-3-7-15(8-4-14)19(21,22)23)18(25)10-6-13-5-9-17(26-2)16(20)11-13/h3-5,7-9,11H,6,10,12H2,1-2H3. The van der Waals surface area contributed by atoms with Gasteiger partial charge in [-0.3, -0.25) is 4.79 Å². The van der Waals surface area contributed by atoms with Crippen molar-refractivity contribution in [2.45, 2.75) is 25.6 Å². The summed E-state index contributed by atoms with van der Waals surface area (Å²) in [5.41, 5.74) is 0.542. The van der Waals surface area contributed by atoms with E-state index in [1.807, 2.05) is 0 Å². The number of amides is 1. The number of nitrogens with zero attached hydrogens (tertiary/aromatic N) is 1. The molecule has 2 aromatic rings. The van der Waals surface area contributed by atoms with E-state index in [-0.39, 0.29) is 24.6 Å². The summed E-state index contributed by atoms with van der Waals surface area (Å²) in [6, 6.07) is 9.20. The lowest BCUT2D eigenvalue weighted by atomic mass is 10.1. The van der Waals surface area contributed by atoms with Gasteiger partial charge in [-0.25, -0.2) is 4.39 Å². The number of methoxy groups -OCH3 is 1. The molecule has 0 N–H and O–H groups in total. The minimum absolute atomic E-state index is 0.138. The monoisotopic (exact) mass is 369 g/mol. The van der Waals surface area contributed by atoms with Crippen molar-refractivity contribution in [3.63, 3.8) is 0 Å². The molecular weight excluding hydrogens is 350 g/mol. The van der Waals surface area contributed by atoms with Crippen LogP contribution in [0.3, 0.4) is 0 Å². The first kappa shape index (κ1) is 19.8. The van der Waals surface area contributed by atoms with Gasteiger partial charge in [-0.05, 0) is 41.8 Å². The molecule has 0 aromatic heterocycles. The fourth-order valence-electron chi connectivity index (χ4n) is 2.47. The summed E-state index contributed by atoms with van der Waals surface area (Å²) < 4.78 is 56.1. The summed E-state index contributed by atoms with van der Waals surface area (Å²) >= 11 is 0. The first-order valence-electron chi connectivity index (χ1n) is 7.93. The molecule has 0 aliphatic rings. The van der Waals surface area contributed by atoms with E-state index in [2.05, 4.69) is 0 Å². The number of aryl methyl sites for hydroxylation is 1. The van der Waals surface area contributed by atoms with Gasteiger partial charge >= 0.3 is 6.18 Å². The quantitative estimate of drug-likeness (QED) is 0.705. The maximum Gasteiger partial charge on any atom is 0.416 e. The van der Waals surface area contributed by atoms with Gasteiger partial charge < -0.3 is 9.64 Å². The van der Waals surface area contributed by atoms with E-state index in [1.165, 1.54) is 36.3 Å². The van der Waals surface area contributed by atoms with Crippen LogP contribution in [0.25, 0.3) is 0 Å². The molecule has 140 valence electrons. The third kappa shape index (κ3) is 5.21. The van der Waals surface area contributed by atoms with Crippen molar-refractivity contribution in [2.24, 2.45) is 0 Å². The Labute approximate surface area is 149 Å². The molecule has 2 aromatic carbocycles. The first-order valence-corrected chi connectivity index (χ1v) is 7.93. The highest BCUT2D eigenvalue weighted by Crippen LogP contribution is 2.29. The lowest BCUT2D eigenvalue weighted by molar-refractivity contribution is -0.137. The highest BCUT2D eigenvalue weighted by molar-refractivity contribution is 5.76. The van der Waals surface area contributed by atoms with Crippen molar-refractivity contribution >= 4 is 5.91 Å². The molecule has 2 rings (SSSR count). The molecule has 26 heavy (non-hydrogen) atoms. The predicted octanol–water partition coefficient (Wildman–Crippen LogP) is 4.44. The number of carbonyl (C=O) groups is 1. The number of halogens is 4. The highest BCUT2D eigenvalue weighted by atomic mass is 19.4. The lowest BCUT2D eigenvalue weighted by Crippen LogP contribution is -2.26. The SMILES string of the molecule is COc1ccc(CCC(=O)N(C)Cc2ccc(C(F)(F)F)cc2)cc1F. The van der Waals surface area contributed by atoms with Gasteiger partial charge in [0.15, 0.2) is 11.6 Å². The topological polar surface area (TPSA) is 29.5 Å². The van der Waals surface area contributed by atoms with Crippen LogP contribution in [0.2, 0.25) is 0 Å². The largest absolute Gasteiger partial charge is 0.494 e. The van der Waals surface area contributed by atoms with E-state index in [0.29, 0.717) is 17.5 Å². The molecule has 3 nitrogen and oxygen atoms in total. The molecule has 0 atom stereocenters. The van der Waals surface area contributed by atoms with Gasteiger partial charge in [0.05, 0.1) is 12.7 Å². The van der Waals surface area contributed by atoms with Gasteiger partial charge in [0.2, 0.25) is 5.91 Å². The summed E-state index contributed by atoms with van der Waals surface area (Å²) in [6.45, 7) is 0.202. The number of alkyl halides is 3. The van der Waals surface area contributed by atoms with Crippen molar-refractivity contribution in [1.29, 1.82) is 0 Å². The fraction of sp³-hybridized carbons (Fsp3) is 0.316. The second-order valence-corrected chi connectivity index (χ2v) is 5.91. The van der Waals surface area contributed by atoms with Gasteiger partial charge in [0, 0.05) is 20.0 Å². The Morgan fingerprint density at radius 1 is 1.08 bits per heavy atom. The van der Waals surface area contributed by atoms with Crippen LogP contribution >= 0.6 is 0 Å². The summed E-state index contributed by atoms with van der Waals surface area (Å²) in [4.78, 5) is 13.6. The molecule has 0 bridgehead atoms. The summed E-state index contributed by atoms with van der Waals surface area (Å²) in [7, 11) is 2.95. The molecule has 0 heterocycles. The zero-order valence-electron chi connectivity index (χ0n) is 14.4. The van der Waals surface area contributed by atoms with E-state index in [4.69, 9.17) is 4.74 Å². The van der Waals surface area contributed by atoms with Crippen LogP contribution < -0.4 is 4.74 Å². The molecule has 0 unspecified atom stereocenters. The van der Waals surface area contributed by atoms with Crippen LogP contribution in [0.4, 0.5) is 17.6 Å². The van der Waals surface area contributed by atoms with Crippen LogP contribution in [0.15, 0.2) is 42.5 Å². The maximum atomic E-state index is 13.6. The summed E-state index contributed by atoms with van der Waals surface area (Å²) in [5, 5.41) is 0. The molecule has 1 amide bonds. The number of hydrogen-bond donors (Lipinski definition) is 0. The summed E-state index contributed by atoms with van der Waals surface area (Å²) in [6.07, 6.45) is -3.85. The van der Waals surface area contributed by atoms with Gasteiger partial charge in [-0.15, -0.1) is 0 Å². The Kier molecular flexibility index (Phi) is 6.23. The Balaban J connectivity index is 1.90. The van der Waals surface area contributed by atoms with E-state index < -0.39 is 17.6 Å². The molecule has 0 aliphatic carbocycles. The Morgan fingerprint density at radius 3 is 2.23 bits per heavy atom. The van der Waals surface area contributed by atoms with E-state index in [1.54, 1.807) is 13.1 Å². The molecule has 0 saturated carbocycles. The minimum atomic E-state index is -4.38. The molecule has 0 radical (unpaired) electrons. The smallest absolute Gasteiger partial charge is 0.416 e. The number of benzene rings is 2. The number of carbonyl (C=O) groups excluding carboxylic acids is 1. The number of hydrogen-bond acceptors (Lipinski definition) is 2. The molecule has 7 heteroatoms. The highest BCUT2D eigenvalue weighted by Gasteiger charge is 2.29. The van der Waals surface area contributed by atoms with Crippen LogP contribution in [0, 0.1) is 5.82 Å². The molecule has 0 saturated heterocycles. The zero-order chi connectivity index (χ0) is 19.3. The number of ether oxygens (including phenoxy) is 1. The van der Waals surface area contributed by atoms with Crippen LogP contribution in [-0.4, -0.2) is 25.0 Å². The Bertz CT molecular complexity index is 757. The minimum Gasteiger partial charge on any atom is -0.494 e. The van der Waals surface area contributed by atoms with Crippen LogP contribution in [0.5, 0.6) is 5.75 Å². The molecular formula is C19H19F4NO2. The average Bonchev–Trinajstić information content (AvgIpc) is 2.59. The lowest BCUT2D eigenvalue weighted by Gasteiger charge is -2.18. The van der Waals surface area contributed by atoms with Gasteiger partial charge in [0.1, 0.15) is 0 Å². The van der Waals surface area contributed by atoms with E-state index in [0.717, 1.165) is 12.1 Å². The van der Waals surface area contributed by atoms with Crippen molar-refractivity contribution in [3.05, 3.63) is 65.0 Å². The third-order valence-corrected chi connectivity index (χ3v) is 3.97. The number of rotatable bonds is 6. The second kappa shape index (κ2) is 8.21. The average molecular weight is 369 g/mol. The first-order chi connectivity index (χ1) is 12.2. The van der Waals surface area contributed by atoms with Crippen molar-refractivity contribution in [3.8, 4) is 5.75 Å².